The average Bonchev–Trinajstić information content (AvgIpc) is 3.34. The highest BCUT2D eigenvalue weighted by molar-refractivity contribution is 6.02. The average molecular weight is 562 g/mol. The second-order valence-electron chi connectivity index (χ2n) is 10.6. The molecule has 12 heteroatoms. The number of carbonyl (C=O) groups excluding carboxylic acids is 2. The number of hydrogen-bond acceptors (Lipinski definition) is 7. The van der Waals surface area contributed by atoms with Gasteiger partial charge in [-0.15, -0.1) is 0 Å². The van der Waals surface area contributed by atoms with E-state index in [0.717, 1.165) is 6.42 Å². The predicted molar refractivity (Wildman–Crippen MR) is 145 cm³/mol. The van der Waals surface area contributed by atoms with Crippen molar-refractivity contribution in [3.05, 3.63) is 41.7 Å². The predicted octanol–water partition coefficient (Wildman–Crippen LogP) is 5.07. The molecule has 3 heterocycles. The van der Waals surface area contributed by atoms with Crippen LogP contribution < -0.4 is 20.3 Å². The molecule has 0 radical (unpaired) electrons. The van der Waals surface area contributed by atoms with Crippen LogP contribution in [-0.4, -0.2) is 65.0 Å². The van der Waals surface area contributed by atoms with Gasteiger partial charge in [-0.2, -0.15) is 0 Å². The van der Waals surface area contributed by atoms with Crippen LogP contribution in [0, 0.1) is 6.92 Å². The van der Waals surface area contributed by atoms with Crippen molar-refractivity contribution in [2.24, 2.45) is 0 Å². The van der Waals surface area contributed by atoms with Gasteiger partial charge in [-0.1, -0.05) is 26.3 Å². The van der Waals surface area contributed by atoms with Crippen LogP contribution in [0.5, 0.6) is 5.75 Å². The van der Waals surface area contributed by atoms with Crippen LogP contribution >= 0.6 is 0 Å². The molecule has 1 aliphatic carbocycles. The molecular formula is C28H37F2N5O5. The number of hydrogen-bond donors (Lipinski definition) is 2. The van der Waals surface area contributed by atoms with Gasteiger partial charge in [0.25, 0.3) is 11.8 Å². The number of pyridine rings is 2. The van der Waals surface area contributed by atoms with E-state index in [4.69, 9.17) is 14.2 Å². The van der Waals surface area contributed by atoms with Crippen LogP contribution in [0.25, 0.3) is 0 Å². The summed E-state index contributed by atoms with van der Waals surface area (Å²) < 4.78 is 43.9. The normalized spacial score (nSPS) is 21.4. The number of nitrogens with zero attached hydrogens (tertiary/aromatic N) is 3. The molecule has 40 heavy (non-hydrogen) atoms. The standard InChI is InChI=1S/C28H37F2N5O5/c1-6-8-18(7-2)35(24-17(3)9-10-21(32-24)25(36)33-22-14-28(22,29)30)26(37)34-23-13-19(11-12-31-23)38-15-20-16-39-27(4,5)40-20/h9-13,18,20,22H,6-8,14-16H2,1-5H3,(H,33,36)(H,31,34,37)/t18?,20-,22?/m0/s1. The van der Waals surface area contributed by atoms with Crippen molar-refractivity contribution in [1.29, 1.82) is 0 Å². The molecule has 2 unspecified atom stereocenters. The summed E-state index contributed by atoms with van der Waals surface area (Å²) in [6.07, 6.45) is 3.03. The highest BCUT2D eigenvalue weighted by Gasteiger charge is 2.58. The molecule has 218 valence electrons. The van der Waals surface area contributed by atoms with Crippen molar-refractivity contribution in [2.45, 2.75) is 90.2 Å². The minimum Gasteiger partial charge on any atom is -0.491 e. The summed E-state index contributed by atoms with van der Waals surface area (Å²) in [4.78, 5) is 36.6. The van der Waals surface area contributed by atoms with Gasteiger partial charge in [0.05, 0.1) is 12.6 Å². The van der Waals surface area contributed by atoms with E-state index in [-0.39, 0.29) is 36.1 Å². The Hall–Kier alpha value is -3.38. The molecule has 0 bridgehead atoms. The molecule has 2 aromatic rings. The molecule has 0 spiro atoms. The van der Waals surface area contributed by atoms with E-state index in [0.29, 0.717) is 30.8 Å². The maximum absolute atomic E-state index is 13.7. The molecule has 1 saturated heterocycles. The van der Waals surface area contributed by atoms with Crippen molar-refractivity contribution >= 4 is 23.6 Å². The van der Waals surface area contributed by atoms with Gasteiger partial charge in [0, 0.05) is 24.7 Å². The number of alkyl halides is 2. The molecule has 0 aromatic carbocycles. The van der Waals surface area contributed by atoms with Crippen molar-refractivity contribution in [3.63, 3.8) is 0 Å². The van der Waals surface area contributed by atoms with E-state index in [2.05, 4.69) is 20.6 Å². The lowest BCUT2D eigenvalue weighted by molar-refractivity contribution is -0.141. The Morgan fingerprint density at radius 3 is 2.62 bits per heavy atom. The van der Waals surface area contributed by atoms with Crippen molar-refractivity contribution in [2.75, 3.05) is 23.4 Å². The van der Waals surface area contributed by atoms with E-state index in [1.807, 2.05) is 27.7 Å². The van der Waals surface area contributed by atoms with Gasteiger partial charge in [-0.3, -0.25) is 15.0 Å². The Morgan fingerprint density at radius 1 is 1.25 bits per heavy atom. The van der Waals surface area contributed by atoms with Gasteiger partial charge in [0.15, 0.2) is 5.79 Å². The zero-order valence-electron chi connectivity index (χ0n) is 23.5. The van der Waals surface area contributed by atoms with Gasteiger partial charge in [0.1, 0.15) is 35.8 Å². The first kappa shape index (κ1) is 29.6. The van der Waals surface area contributed by atoms with Crippen molar-refractivity contribution in [1.82, 2.24) is 15.3 Å². The number of anilines is 2. The van der Waals surface area contributed by atoms with Crippen LogP contribution in [0.2, 0.25) is 0 Å². The lowest BCUT2D eigenvalue weighted by Gasteiger charge is -2.31. The Bertz CT molecular complexity index is 1230. The Balaban J connectivity index is 1.52. The lowest BCUT2D eigenvalue weighted by atomic mass is 10.1. The third-order valence-electron chi connectivity index (χ3n) is 6.81. The highest BCUT2D eigenvalue weighted by Crippen LogP contribution is 2.41. The summed E-state index contributed by atoms with van der Waals surface area (Å²) >= 11 is 0. The Kier molecular flexibility index (Phi) is 8.89. The molecular weight excluding hydrogens is 524 g/mol. The molecule has 1 saturated carbocycles. The van der Waals surface area contributed by atoms with Crippen LogP contribution in [0.3, 0.4) is 0 Å². The monoisotopic (exact) mass is 561 g/mol. The maximum Gasteiger partial charge on any atom is 0.328 e. The number of amides is 3. The van der Waals surface area contributed by atoms with Gasteiger partial charge in [0.2, 0.25) is 0 Å². The van der Waals surface area contributed by atoms with Crippen molar-refractivity contribution in [3.8, 4) is 5.75 Å². The zero-order chi connectivity index (χ0) is 29.1. The number of carbonyl (C=O) groups is 2. The molecule has 1 aliphatic heterocycles. The summed E-state index contributed by atoms with van der Waals surface area (Å²) in [5, 5.41) is 5.14. The number of rotatable bonds is 11. The van der Waals surface area contributed by atoms with Gasteiger partial charge >= 0.3 is 6.03 Å². The smallest absolute Gasteiger partial charge is 0.328 e. The third kappa shape index (κ3) is 7.22. The number of aryl methyl sites for hydroxylation is 1. The van der Waals surface area contributed by atoms with Crippen LogP contribution in [-0.2, 0) is 9.47 Å². The molecule has 2 N–H and O–H groups in total. The lowest BCUT2D eigenvalue weighted by Crippen LogP contribution is -2.44. The second-order valence-corrected chi connectivity index (χ2v) is 10.6. The Morgan fingerprint density at radius 2 is 2.00 bits per heavy atom. The molecule has 2 aliphatic rings. The molecule has 10 nitrogen and oxygen atoms in total. The maximum atomic E-state index is 13.7. The summed E-state index contributed by atoms with van der Waals surface area (Å²) in [7, 11) is 0. The minimum absolute atomic E-state index is 0.0396. The third-order valence-corrected chi connectivity index (χ3v) is 6.81. The van der Waals surface area contributed by atoms with E-state index < -0.39 is 36.1 Å². The quantitative estimate of drug-likeness (QED) is 0.394. The van der Waals surface area contributed by atoms with Crippen LogP contribution in [0.1, 0.15) is 69.4 Å². The minimum atomic E-state index is -2.90. The molecule has 3 atom stereocenters. The van der Waals surface area contributed by atoms with Crippen LogP contribution in [0.15, 0.2) is 30.5 Å². The fourth-order valence-corrected chi connectivity index (χ4v) is 4.55. The van der Waals surface area contributed by atoms with E-state index in [1.165, 1.54) is 17.2 Å². The van der Waals surface area contributed by atoms with Gasteiger partial charge in [-0.25, -0.2) is 23.5 Å². The number of nitrogens with one attached hydrogen (secondary N) is 2. The van der Waals surface area contributed by atoms with E-state index >= 15 is 0 Å². The first-order valence-electron chi connectivity index (χ1n) is 13.6. The molecule has 2 fully saturated rings. The highest BCUT2D eigenvalue weighted by atomic mass is 19.3. The van der Waals surface area contributed by atoms with E-state index in [9.17, 15) is 18.4 Å². The summed E-state index contributed by atoms with van der Waals surface area (Å²) in [5.41, 5.74) is 0.618. The summed E-state index contributed by atoms with van der Waals surface area (Å²) in [6.45, 7) is 10.1. The second kappa shape index (κ2) is 12.0. The first-order valence-corrected chi connectivity index (χ1v) is 13.6. The fourth-order valence-electron chi connectivity index (χ4n) is 4.55. The number of halogens is 2. The molecule has 3 amide bonds. The summed E-state index contributed by atoms with van der Waals surface area (Å²) in [6, 6.07) is 4.49. The van der Waals surface area contributed by atoms with Crippen LogP contribution in [0.4, 0.5) is 25.2 Å². The molecule has 2 aromatic heterocycles. The first-order chi connectivity index (χ1) is 18.9. The van der Waals surface area contributed by atoms with Crippen molar-refractivity contribution < 1.29 is 32.6 Å². The fraction of sp³-hybridized carbons (Fsp3) is 0.571. The number of aromatic nitrogens is 2. The van der Waals surface area contributed by atoms with E-state index in [1.54, 1.807) is 25.1 Å². The topological polar surface area (TPSA) is 115 Å². The molecule has 4 rings (SSSR count). The van der Waals surface area contributed by atoms with Gasteiger partial charge < -0.3 is 19.5 Å². The zero-order valence-corrected chi connectivity index (χ0v) is 23.5. The number of ether oxygens (including phenoxy) is 3. The number of urea groups is 1. The Labute approximate surface area is 232 Å². The largest absolute Gasteiger partial charge is 0.491 e. The van der Waals surface area contributed by atoms with Gasteiger partial charge in [-0.05, 0) is 51.3 Å². The summed E-state index contributed by atoms with van der Waals surface area (Å²) in [5.74, 6) is -3.22. The SMILES string of the molecule is CCCC(CC)N(C(=O)Nc1cc(OC[C@H]2COC(C)(C)O2)ccn1)c1nc(C(=O)NC2CC2(F)F)ccc1C.